The van der Waals surface area contributed by atoms with Gasteiger partial charge in [-0.15, -0.1) is 0 Å². The van der Waals surface area contributed by atoms with Gasteiger partial charge in [0.15, 0.2) is 0 Å². The minimum Gasteiger partial charge on any atom is -0.292 e. The van der Waals surface area contributed by atoms with Gasteiger partial charge in [-0.1, -0.05) is 97.9 Å². The van der Waals surface area contributed by atoms with E-state index in [4.69, 9.17) is 0 Å². The van der Waals surface area contributed by atoms with Crippen LogP contribution in [0.1, 0.15) is 36.1 Å². The zero-order valence-corrected chi connectivity index (χ0v) is 15.6. The summed E-state index contributed by atoms with van der Waals surface area (Å²) >= 11 is 0. The van der Waals surface area contributed by atoms with Gasteiger partial charge < -0.3 is 0 Å². The quantitative estimate of drug-likeness (QED) is 0.455. The highest BCUT2D eigenvalue weighted by Crippen LogP contribution is 2.26. The number of aryl methyl sites for hydroxylation is 1. The first-order valence-corrected chi connectivity index (χ1v) is 9.53. The summed E-state index contributed by atoms with van der Waals surface area (Å²) < 4.78 is 0. The van der Waals surface area contributed by atoms with Crippen molar-refractivity contribution in [2.75, 3.05) is 6.54 Å². The van der Waals surface area contributed by atoms with Gasteiger partial charge in [0.25, 0.3) is 0 Å². The van der Waals surface area contributed by atoms with Crippen LogP contribution in [0.3, 0.4) is 0 Å². The van der Waals surface area contributed by atoms with Crippen LogP contribution in [-0.2, 0) is 13.0 Å². The lowest BCUT2D eigenvalue weighted by molar-refractivity contribution is 0.208. The van der Waals surface area contributed by atoms with Gasteiger partial charge in [0.1, 0.15) is 0 Å². The van der Waals surface area contributed by atoms with Crippen LogP contribution >= 0.6 is 0 Å². The first-order valence-electron chi connectivity index (χ1n) is 9.53. The number of hydrogen-bond acceptors (Lipinski definition) is 1. The fourth-order valence-corrected chi connectivity index (χ4v) is 3.53. The van der Waals surface area contributed by atoms with Gasteiger partial charge in [-0.25, -0.2) is 0 Å². The van der Waals surface area contributed by atoms with Gasteiger partial charge in [-0.3, -0.25) is 4.90 Å². The van der Waals surface area contributed by atoms with Gasteiger partial charge in [-0.05, 0) is 42.5 Å². The number of nitrogens with zero attached hydrogens (tertiary/aromatic N) is 1. The molecule has 0 saturated carbocycles. The van der Waals surface area contributed by atoms with Gasteiger partial charge in [0, 0.05) is 12.6 Å². The second-order valence-corrected chi connectivity index (χ2v) is 6.73. The van der Waals surface area contributed by atoms with Gasteiger partial charge in [-0.2, -0.15) is 0 Å². The molecular weight excluding hydrogens is 314 g/mol. The van der Waals surface area contributed by atoms with E-state index in [0.29, 0.717) is 6.04 Å². The van der Waals surface area contributed by atoms with E-state index in [2.05, 4.69) is 109 Å². The van der Waals surface area contributed by atoms with Crippen molar-refractivity contribution in [2.45, 2.75) is 32.4 Å². The summed E-state index contributed by atoms with van der Waals surface area (Å²) in [7, 11) is 0. The largest absolute Gasteiger partial charge is 0.292 e. The van der Waals surface area contributed by atoms with E-state index in [0.717, 1.165) is 25.9 Å². The summed E-state index contributed by atoms with van der Waals surface area (Å²) in [5.74, 6) is 0. The van der Waals surface area contributed by atoms with Crippen molar-refractivity contribution >= 4 is 0 Å². The Morgan fingerprint density at radius 3 is 1.85 bits per heavy atom. The Morgan fingerprint density at radius 1 is 0.731 bits per heavy atom. The van der Waals surface area contributed by atoms with Crippen LogP contribution in [0.4, 0.5) is 0 Å². The minimum atomic E-state index is 0.340. The predicted molar refractivity (Wildman–Crippen MR) is 111 cm³/mol. The molecule has 0 saturated heterocycles. The smallest absolute Gasteiger partial charge is 0.0380 e. The van der Waals surface area contributed by atoms with Crippen molar-refractivity contribution < 1.29 is 0 Å². The lowest BCUT2D eigenvalue weighted by atomic mass is 10.0. The normalized spacial score (nSPS) is 12.2. The van der Waals surface area contributed by atoms with Gasteiger partial charge in [0.2, 0.25) is 0 Å². The molecule has 1 radical (unpaired) electrons. The van der Waals surface area contributed by atoms with Crippen LogP contribution in [0, 0.1) is 6.42 Å². The molecule has 3 aromatic carbocycles. The van der Waals surface area contributed by atoms with Crippen molar-refractivity contribution in [1.82, 2.24) is 4.90 Å². The van der Waals surface area contributed by atoms with E-state index in [-0.39, 0.29) is 0 Å². The molecule has 0 aromatic heterocycles. The molecule has 0 aliphatic carbocycles. The molecule has 133 valence electrons. The third-order valence-corrected chi connectivity index (χ3v) is 4.83. The highest BCUT2D eigenvalue weighted by Gasteiger charge is 2.18. The van der Waals surface area contributed by atoms with Crippen molar-refractivity contribution in [3.05, 3.63) is 114 Å². The van der Waals surface area contributed by atoms with Gasteiger partial charge in [0.05, 0.1) is 0 Å². The molecule has 1 nitrogen and oxygen atoms in total. The maximum absolute atomic E-state index is 2.59. The Labute approximate surface area is 158 Å². The summed E-state index contributed by atoms with van der Waals surface area (Å²) in [6.07, 6.45) is 4.60. The molecule has 1 atom stereocenters. The molecular formula is C25H28N. The average molecular weight is 343 g/mol. The first kappa shape index (κ1) is 18.4. The Bertz CT molecular complexity index is 737. The van der Waals surface area contributed by atoms with Crippen molar-refractivity contribution in [1.29, 1.82) is 0 Å². The Kier molecular flexibility index (Phi) is 7.04. The summed E-state index contributed by atoms with van der Waals surface area (Å²) in [4.78, 5) is 2.59. The maximum Gasteiger partial charge on any atom is 0.0380 e. The summed E-state index contributed by atoms with van der Waals surface area (Å²) in [6.45, 7) is 4.22. The third-order valence-electron chi connectivity index (χ3n) is 4.83. The van der Waals surface area contributed by atoms with Crippen LogP contribution in [0.5, 0.6) is 0 Å². The first-order chi connectivity index (χ1) is 12.9. The molecule has 3 rings (SSSR count). The number of hydrogen-bond donors (Lipinski definition) is 0. The van der Waals surface area contributed by atoms with Crippen molar-refractivity contribution in [2.24, 2.45) is 0 Å². The van der Waals surface area contributed by atoms with Crippen LogP contribution in [0.2, 0.25) is 0 Å². The van der Waals surface area contributed by atoms with Crippen molar-refractivity contribution in [3.63, 3.8) is 0 Å². The molecule has 0 spiro atoms. The van der Waals surface area contributed by atoms with Crippen LogP contribution in [-0.4, -0.2) is 11.4 Å². The van der Waals surface area contributed by atoms with E-state index in [1.165, 1.54) is 16.7 Å². The SMILES string of the molecule is C[CH]C(c1ccccc1)N(CCCc1ccccc1)Cc1ccccc1. The lowest BCUT2D eigenvalue weighted by Gasteiger charge is -2.31. The topological polar surface area (TPSA) is 3.24 Å². The minimum absolute atomic E-state index is 0.340. The molecule has 0 fully saturated rings. The highest BCUT2D eigenvalue weighted by atomic mass is 15.1. The molecule has 1 heteroatoms. The van der Waals surface area contributed by atoms with Crippen LogP contribution in [0.25, 0.3) is 0 Å². The average Bonchev–Trinajstić information content (AvgIpc) is 2.71. The van der Waals surface area contributed by atoms with Crippen LogP contribution < -0.4 is 0 Å². The monoisotopic (exact) mass is 342 g/mol. The molecule has 0 N–H and O–H groups in total. The number of benzene rings is 3. The molecule has 3 aromatic rings. The second kappa shape index (κ2) is 9.94. The third kappa shape index (κ3) is 5.31. The van der Waals surface area contributed by atoms with E-state index in [1.54, 1.807) is 0 Å². The second-order valence-electron chi connectivity index (χ2n) is 6.73. The molecule has 26 heavy (non-hydrogen) atoms. The Balaban J connectivity index is 1.72. The number of rotatable bonds is 9. The Morgan fingerprint density at radius 2 is 1.27 bits per heavy atom. The molecule has 0 aliphatic heterocycles. The fraction of sp³-hybridized carbons (Fsp3) is 0.240. The van der Waals surface area contributed by atoms with Crippen molar-refractivity contribution in [3.8, 4) is 0 Å². The Hall–Kier alpha value is -2.38. The van der Waals surface area contributed by atoms with E-state index in [9.17, 15) is 0 Å². The molecule has 0 amide bonds. The van der Waals surface area contributed by atoms with E-state index < -0.39 is 0 Å². The molecule has 1 unspecified atom stereocenters. The zero-order chi connectivity index (χ0) is 18.0. The van der Waals surface area contributed by atoms with E-state index in [1.807, 2.05) is 0 Å². The summed E-state index contributed by atoms with van der Waals surface area (Å²) in [6, 6.07) is 32.8. The highest BCUT2D eigenvalue weighted by molar-refractivity contribution is 5.23. The van der Waals surface area contributed by atoms with Gasteiger partial charge >= 0.3 is 0 Å². The standard InChI is InChI=1S/C25H28N/c1-2-25(24-18-10-5-11-19-24)26(21-23-15-8-4-9-16-23)20-12-17-22-13-6-3-7-14-22/h2-11,13-16,18-19,25H,12,17,20-21H2,1H3. The lowest BCUT2D eigenvalue weighted by Crippen LogP contribution is -2.29. The van der Waals surface area contributed by atoms with Crippen LogP contribution in [0.15, 0.2) is 91.0 Å². The molecule has 0 heterocycles. The zero-order valence-electron chi connectivity index (χ0n) is 15.6. The summed E-state index contributed by atoms with van der Waals surface area (Å²) in [5.41, 5.74) is 4.16. The maximum atomic E-state index is 2.59. The fourth-order valence-electron chi connectivity index (χ4n) is 3.53. The molecule has 0 bridgehead atoms. The van der Waals surface area contributed by atoms with E-state index >= 15 is 0 Å². The summed E-state index contributed by atoms with van der Waals surface area (Å²) in [5, 5.41) is 0. The predicted octanol–water partition coefficient (Wildman–Crippen LogP) is 6.09. The molecule has 0 aliphatic rings.